The van der Waals surface area contributed by atoms with Gasteiger partial charge in [-0.15, -0.1) is 0 Å². The average molecular weight is 208 g/mol. The van der Waals surface area contributed by atoms with Gasteiger partial charge < -0.3 is 10.3 Å². The highest BCUT2D eigenvalue weighted by molar-refractivity contribution is 5.44. The van der Waals surface area contributed by atoms with Crippen molar-refractivity contribution in [2.45, 2.75) is 51.9 Å². The van der Waals surface area contributed by atoms with Crippen molar-refractivity contribution >= 4 is 5.82 Å². The number of rotatable bonds is 2. The van der Waals surface area contributed by atoms with Crippen LogP contribution in [0.5, 0.6) is 0 Å². The fourth-order valence-electron chi connectivity index (χ4n) is 2.71. The molecule has 3 nitrogen and oxygen atoms in total. The monoisotopic (exact) mass is 208 g/mol. The lowest BCUT2D eigenvalue weighted by Crippen LogP contribution is -2.05. The summed E-state index contributed by atoms with van der Waals surface area (Å²) in [6, 6.07) is 0. The Hall–Kier alpha value is -0.990. The number of nitrogens with two attached hydrogens (primary N) is 1. The van der Waals surface area contributed by atoms with Gasteiger partial charge in [-0.3, -0.25) is 0 Å². The molecule has 84 valence electrons. The van der Waals surface area contributed by atoms with Gasteiger partial charge in [0.25, 0.3) is 0 Å². The van der Waals surface area contributed by atoms with E-state index in [1.807, 2.05) is 0 Å². The zero-order valence-electron chi connectivity index (χ0n) is 9.79. The van der Waals surface area contributed by atoms with Crippen LogP contribution in [-0.4, -0.2) is 5.16 Å². The van der Waals surface area contributed by atoms with Crippen molar-refractivity contribution in [1.29, 1.82) is 0 Å². The highest BCUT2D eigenvalue weighted by Gasteiger charge is 2.32. The van der Waals surface area contributed by atoms with E-state index in [-0.39, 0.29) is 0 Å². The number of anilines is 1. The van der Waals surface area contributed by atoms with Crippen molar-refractivity contribution in [2.24, 2.45) is 5.92 Å². The molecule has 2 N–H and O–H groups in total. The maximum absolute atomic E-state index is 5.85. The van der Waals surface area contributed by atoms with Crippen molar-refractivity contribution in [3.63, 3.8) is 0 Å². The Morgan fingerprint density at radius 2 is 2.13 bits per heavy atom. The predicted octanol–water partition coefficient (Wildman–Crippen LogP) is 3.28. The second-order valence-corrected chi connectivity index (χ2v) is 5.02. The third-order valence-electron chi connectivity index (χ3n) is 3.56. The smallest absolute Gasteiger partial charge is 0.170 e. The number of aromatic nitrogens is 1. The summed E-state index contributed by atoms with van der Waals surface area (Å²) in [6.45, 7) is 6.58. The average Bonchev–Trinajstić information content (AvgIpc) is 2.71. The van der Waals surface area contributed by atoms with E-state index in [2.05, 4.69) is 25.9 Å². The van der Waals surface area contributed by atoms with Gasteiger partial charge in [-0.2, -0.15) is 0 Å². The third kappa shape index (κ3) is 1.75. The first-order valence-corrected chi connectivity index (χ1v) is 5.86. The maximum Gasteiger partial charge on any atom is 0.170 e. The molecular formula is C12H20N2O. The van der Waals surface area contributed by atoms with Crippen LogP contribution in [0.1, 0.15) is 63.2 Å². The van der Waals surface area contributed by atoms with Crippen LogP contribution in [0.25, 0.3) is 0 Å². The van der Waals surface area contributed by atoms with Gasteiger partial charge in [-0.25, -0.2) is 0 Å². The van der Waals surface area contributed by atoms with Gasteiger partial charge in [-0.1, -0.05) is 32.3 Å². The van der Waals surface area contributed by atoms with Crippen LogP contribution >= 0.6 is 0 Å². The molecule has 0 aliphatic heterocycles. The molecule has 3 heteroatoms. The number of nitrogens with zero attached hydrogens (tertiary/aromatic N) is 1. The molecule has 0 bridgehead atoms. The second kappa shape index (κ2) is 3.87. The molecule has 0 saturated heterocycles. The quantitative estimate of drug-likeness (QED) is 0.811. The standard InChI is InChI=1S/C12H20N2O/c1-7(2)10-11(15-14-12(10)13)9-6-4-5-8(9)3/h7-9H,4-6H2,1-3H3,(H2,13,14). The van der Waals surface area contributed by atoms with Gasteiger partial charge in [0, 0.05) is 11.5 Å². The summed E-state index contributed by atoms with van der Waals surface area (Å²) in [5, 5.41) is 3.92. The summed E-state index contributed by atoms with van der Waals surface area (Å²) in [7, 11) is 0. The van der Waals surface area contributed by atoms with Crippen molar-refractivity contribution in [1.82, 2.24) is 5.16 Å². The zero-order chi connectivity index (χ0) is 11.0. The van der Waals surface area contributed by atoms with E-state index in [9.17, 15) is 0 Å². The molecule has 1 aromatic rings. The van der Waals surface area contributed by atoms with Gasteiger partial charge in [0.1, 0.15) is 5.76 Å². The first-order valence-electron chi connectivity index (χ1n) is 5.86. The van der Waals surface area contributed by atoms with Crippen LogP contribution in [0.4, 0.5) is 5.82 Å². The predicted molar refractivity (Wildman–Crippen MR) is 60.8 cm³/mol. The normalized spacial score (nSPS) is 26.4. The largest absolute Gasteiger partial charge is 0.381 e. The van der Waals surface area contributed by atoms with E-state index in [1.54, 1.807) is 0 Å². The van der Waals surface area contributed by atoms with E-state index in [0.29, 0.717) is 23.6 Å². The fourth-order valence-corrected chi connectivity index (χ4v) is 2.71. The minimum atomic E-state index is 0.402. The van der Waals surface area contributed by atoms with E-state index in [4.69, 9.17) is 10.3 Å². The van der Waals surface area contributed by atoms with Crippen LogP contribution in [0.2, 0.25) is 0 Å². The Morgan fingerprint density at radius 3 is 2.67 bits per heavy atom. The van der Waals surface area contributed by atoms with Crippen molar-refractivity contribution in [3.05, 3.63) is 11.3 Å². The summed E-state index contributed by atoms with van der Waals surface area (Å²) < 4.78 is 5.44. The molecule has 0 spiro atoms. The molecule has 15 heavy (non-hydrogen) atoms. The molecule has 1 aliphatic rings. The molecule has 0 amide bonds. The third-order valence-corrected chi connectivity index (χ3v) is 3.56. The SMILES string of the molecule is CC(C)c1c(N)noc1C1CCCC1C. The fraction of sp³-hybridized carbons (Fsp3) is 0.750. The van der Waals surface area contributed by atoms with Crippen molar-refractivity contribution in [2.75, 3.05) is 5.73 Å². The summed E-state index contributed by atoms with van der Waals surface area (Å²) in [6.07, 6.45) is 3.81. The first kappa shape index (κ1) is 10.5. The number of nitrogen functional groups attached to an aromatic ring is 1. The lowest BCUT2D eigenvalue weighted by Gasteiger charge is -2.14. The summed E-state index contributed by atoms with van der Waals surface area (Å²) in [5.74, 6) is 3.27. The molecule has 0 aromatic carbocycles. The van der Waals surface area contributed by atoms with E-state index >= 15 is 0 Å². The summed E-state index contributed by atoms with van der Waals surface area (Å²) in [5.41, 5.74) is 6.98. The number of hydrogen-bond acceptors (Lipinski definition) is 3. The molecule has 1 saturated carbocycles. The van der Waals surface area contributed by atoms with Crippen LogP contribution in [-0.2, 0) is 0 Å². The zero-order valence-corrected chi connectivity index (χ0v) is 9.79. The Labute approximate surface area is 91.0 Å². The lowest BCUT2D eigenvalue weighted by molar-refractivity contribution is 0.337. The molecule has 1 aliphatic carbocycles. The topological polar surface area (TPSA) is 52.0 Å². The van der Waals surface area contributed by atoms with E-state index in [0.717, 1.165) is 11.3 Å². The molecule has 2 unspecified atom stereocenters. The molecule has 1 heterocycles. The van der Waals surface area contributed by atoms with E-state index < -0.39 is 0 Å². The van der Waals surface area contributed by atoms with Gasteiger partial charge >= 0.3 is 0 Å². The lowest BCUT2D eigenvalue weighted by atomic mass is 9.89. The molecule has 2 rings (SSSR count). The molecule has 1 aromatic heterocycles. The van der Waals surface area contributed by atoms with Crippen LogP contribution in [0.15, 0.2) is 4.52 Å². The molecule has 2 atom stereocenters. The van der Waals surface area contributed by atoms with Gasteiger partial charge in [-0.05, 0) is 24.7 Å². The van der Waals surface area contributed by atoms with Crippen molar-refractivity contribution < 1.29 is 4.52 Å². The minimum Gasteiger partial charge on any atom is -0.381 e. The van der Waals surface area contributed by atoms with Crippen LogP contribution in [0.3, 0.4) is 0 Å². The Morgan fingerprint density at radius 1 is 1.40 bits per heavy atom. The second-order valence-electron chi connectivity index (χ2n) is 5.02. The summed E-state index contributed by atoms with van der Waals surface area (Å²) in [4.78, 5) is 0. The number of hydrogen-bond donors (Lipinski definition) is 1. The highest BCUT2D eigenvalue weighted by Crippen LogP contribution is 2.43. The van der Waals surface area contributed by atoms with Crippen LogP contribution < -0.4 is 5.73 Å². The van der Waals surface area contributed by atoms with Crippen molar-refractivity contribution in [3.8, 4) is 0 Å². The Bertz CT molecular complexity index is 343. The maximum atomic E-state index is 5.85. The van der Waals surface area contributed by atoms with Gasteiger partial charge in [0.15, 0.2) is 5.82 Å². The molecule has 1 fully saturated rings. The van der Waals surface area contributed by atoms with Gasteiger partial charge in [0.05, 0.1) is 0 Å². The summed E-state index contributed by atoms with van der Waals surface area (Å²) >= 11 is 0. The first-order chi connectivity index (χ1) is 7.11. The molecular weight excluding hydrogens is 188 g/mol. The van der Waals surface area contributed by atoms with Gasteiger partial charge in [0.2, 0.25) is 0 Å². The highest BCUT2D eigenvalue weighted by atomic mass is 16.5. The Balaban J connectivity index is 2.35. The van der Waals surface area contributed by atoms with Crippen LogP contribution in [0, 0.1) is 5.92 Å². The molecule has 0 radical (unpaired) electrons. The Kier molecular flexibility index (Phi) is 2.72. The van der Waals surface area contributed by atoms with E-state index in [1.165, 1.54) is 19.3 Å². The minimum absolute atomic E-state index is 0.402.